The first kappa shape index (κ1) is 34.8. The Morgan fingerprint density at radius 1 is 1.04 bits per heavy atom. The molecule has 1 aliphatic rings. The Kier molecular flexibility index (Phi) is 10.8. The Balaban J connectivity index is 0.000000280. The van der Waals surface area contributed by atoms with Crippen LogP contribution in [0.25, 0.3) is 11.1 Å². The Hall–Kier alpha value is -5.04. The molecule has 1 amide bonds. The number of carbonyl (C=O) groups is 2. The molecule has 3 aromatic carbocycles. The van der Waals surface area contributed by atoms with E-state index in [0.29, 0.717) is 34.3 Å². The molecule has 0 saturated heterocycles. The van der Waals surface area contributed by atoms with Gasteiger partial charge in [-0.25, -0.2) is 8.78 Å². The van der Waals surface area contributed by atoms with Gasteiger partial charge in [0.2, 0.25) is 11.5 Å². The van der Waals surface area contributed by atoms with Gasteiger partial charge in [0.15, 0.2) is 0 Å². The summed E-state index contributed by atoms with van der Waals surface area (Å²) < 4.78 is 77.6. The lowest BCUT2D eigenvalue weighted by Gasteiger charge is -2.21. The number of benzene rings is 3. The molecule has 0 fully saturated rings. The number of aromatic amines is 1. The number of methoxy groups -OCH3 is 1. The maximum Gasteiger partial charge on any atom is 0.416 e. The van der Waals surface area contributed by atoms with Gasteiger partial charge in [-0.05, 0) is 78.9 Å². The van der Waals surface area contributed by atoms with E-state index in [9.17, 15) is 37.1 Å². The van der Waals surface area contributed by atoms with Crippen LogP contribution >= 0.6 is 0 Å². The molecule has 1 aromatic heterocycles. The highest BCUT2D eigenvalue weighted by atomic mass is 19.4. The van der Waals surface area contributed by atoms with E-state index in [1.165, 1.54) is 25.3 Å². The van der Waals surface area contributed by atoms with Crippen LogP contribution in [0.5, 0.6) is 11.5 Å². The van der Waals surface area contributed by atoms with Gasteiger partial charge < -0.3 is 24.9 Å². The molecule has 13 heteroatoms. The molecule has 0 aliphatic carbocycles. The Bertz CT molecular complexity index is 1850. The summed E-state index contributed by atoms with van der Waals surface area (Å²) in [5, 5.41) is 12.0. The quantitative estimate of drug-likeness (QED) is 0.203. The van der Waals surface area contributed by atoms with E-state index in [2.05, 4.69) is 15.0 Å². The average molecular weight is 659 g/mol. The van der Waals surface area contributed by atoms with Crippen LogP contribution in [0.15, 0.2) is 65.6 Å². The topological polar surface area (TPSA) is 118 Å². The van der Waals surface area contributed by atoms with Crippen LogP contribution in [0.2, 0.25) is 0 Å². The SMILES string of the molecule is COCCc1c[nH]c(=O)cc1C(F)(F)F.Cc1cc2cc(c1F)[C@@H](CC(=O)O)NC(=O)Cc1cc(ccc1F)Oc1cccc(C)c1-2. The third kappa shape index (κ3) is 8.61. The summed E-state index contributed by atoms with van der Waals surface area (Å²) in [7, 11) is 1.40. The van der Waals surface area contributed by atoms with Gasteiger partial charge in [0.05, 0.1) is 31.1 Å². The van der Waals surface area contributed by atoms with Gasteiger partial charge in [0, 0.05) is 36.1 Å². The average Bonchev–Trinajstić information content (AvgIpc) is 2.99. The number of hydrogen-bond acceptors (Lipinski definition) is 5. The largest absolute Gasteiger partial charge is 0.481 e. The van der Waals surface area contributed by atoms with Crippen LogP contribution in [0, 0.1) is 25.5 Å². The van der Waals surface area contributed by atoms with Gasteiger partial charge in [-0.3, -0.25) is 14.4 Å². The molecule has 248 valence electrons. The number of rotatable bonds is 5. The molecule has 0 saturated carbocycles. The van der Waals surface area contributed by atoms with E-state index >= 15 is 4.39 Å². The van der Waals surface area contributed by atoms with Crippen LogP contribution in [0.1, 0.15) is 45.8 Å². The maximum absolute atomic E-state index is 15.1. The summed E-state index contributed by atoms with van der Waals surface area (Å²) in [5.74, 6) is -2.19. The highest BCUT2D eigenvalue weighted by Crippen LogP contribution is 2.39. The summed E-state index contributed by atoms with van der Waals surface area (Å²) in [6.07, 6.45) is -4.19. The summed E-state index contributed by atoms with van der Waals surface area (Å²) in [5.41, 5.74) is 0.993. The van der Waals surface area contributed by atoms with Crippen molar-refractivity contribution in [3.05, 3.63) is 116 Å². The second-order valence-electron chi connectivity index (χ2n) is 10.9. The van der Waals surface area contributed by atoms with Gasteiger partial charge in [-0.1, -0.05) is 12.1 Å². The number of nitrogens with one attached hydrogen (secondary N) is 2. The van der Waals surface area contributed by atoms with Crippen molar-refractivity contribution in [2.24, 2.45) is 0 Å². The third-order valence-corrected chi connectivity index (χ3v) is 7.38. The minimum absolute atomic E-state index is 0.0314. The number of hydrogen-bond donors (Lipinski definition) is 3. The molecular formula is C34H31F5N2O6. The van der Waals surface area contributed by atoms with Crippen molar-refractivity contribution in [2.75, 3.05) is 13.7 Å². The van der Waals surface area contributed by atoms with Crippen LogP contribution in [0.3, 0.4) is 0 Å². The zero-order valence-corrected chi connectivity index (χ0v) is 25.6. The summed E-state index contributed by atoms with van der Waals surface area (Å²) in [4.78, 5) is 37.1. The van der Waals surface area contributed by atoms with Crippen LogP contribution in [0.4, 0.5) is 22.0 Å². The number of ether oxygens (including phenoxy) is 2. The highest BCUT2D eigenvalue weighted by molar-refractivity contribution is 5.81. The second-order valence-corrected chi connectivity index (χ2v) is 10.9. The number of halogens is 5. The van der Waals surface area contributed by atoms with E-state index in [4.69, 9.17) is 4.74 Å². The van der Waals surface area contributed by atoms with Gasteiger partial charge >= 0.3 is 12.1 Å². The summed E-state index contributed by atoms with van der Waals surface area (Å²) in [6.45, 7) is 3.64. The molecule has 0 spiro atoms. The number of H-pyrrole nitrogens is 1. The van der Waals surface area contributed by atoms with Crippen LogP contribution < -0.4 is 15.6 Å². The zero-order chi connectivity index (χ0) is 34.5. The Morgan fingerprint density at radius 2 is 1.79 bits per heavy atom. The fourth-order valence-electron chi connectivity index (χ4n) is 5.18. The molecule has 5 rings (SSSR count). The van der Waals surface area contributed by atoms with E-state index in [1.807, 2.05) is 19.1 Å². The molecule has 1 aliphatic heterocycles. The van der Waals surface area contributed by atoms with Crippen molar-refractivity contribution in [1.29, 1.82) is 0 Å². The predicted molar refractivity (Wildman–Crippen MR) is 162 cm³/mol. The molecule has 1 atom stereocenters. The monoisotopic (exact) mass is 658 g/mol. The highest BCUT2D eigenvalue weighted by Gasteiger charge is 2.33. The normalized spacial score (nSPS) is 14.2. The molecule has 3 N–H and O–H groups in total. The first-order valence-electron chi connectivity index (χ1n) is 14.3. The van der Waals surface area contributed by atoms with Crippen molar-refractivity contribution in [3.63, 3.8) is 0 Å². The van der Waals surface area contributed by atoms with E-state index in [1.54, 1.807) is 25.1 Å². The third-order valence-electron chi connectivity index (χ3n) is 7.38. The number of aromatic nitrogens is 1. The van der Waals surface area contributed by atoms with E-state index < -0.39 is 53.3 Å². The zero-order valence-electron chi connectivity index (χ0n) is 25.6. The van der Waals surface area contributed by atoms with Gasteiger partial charge in [0.1, 0.15) is 23.1 Å². The van der Waals surface area contributed by atoms with Crippen molar-refractivity contribution >= 4 is 11.9 Å². The Labute approximate surface area is 266 Å². The van der Waals surface area contributed by atoms with Crippen molar-refractivity contribution in [3.8, 4) is 22.6 Å². The minimum Gasteiger partial charge on any atom is -0.481 e. The smallest absolute Gasteiger partial charge is 0.416 e. The first-order valence-corrected chi connectivity index (χ1v) is 14.3. The lowest BCUT2D eigenvalue weighted by atomic mass is 9.92. The Morgan fingerprint density at radius 3 is 2.47 bits per heavy atom. The van der Waals surface area contributed by atoms with E-state index in [0.717, 1.165) is 11.8 Å². The lowest BCUT2D eigenvalue weighted by Crippen LogP contribution is -2.32. The molecule has 8 nitrogen and oxygen atoms in total. The number of pyridine rings is 1. The first-order chi connectivity index (χ1) is 22.2. The number of carboxylic acids is 1. The standard InChI is InChI=1S/C25H21F2NO4.C9H10F3NO2/c1-13-4-3-5-21-24(13)16-8-14(2)25(27)18(10-16)20(12-23(30)31)28-22(29)11-15-9-17(32-21)6-7-19(15)26;1-15-3-2-6-5-13-8(14)4-7(6)9(10,11)12/h3-10,20H,11-12H2,1-2H3,(H,28,29)(H,30,31);4-5H,2-3H2,1H3,(H,13,14)/t20-;/m1./s1. The maximum atomic E-state index is 15.1. The summed E-state index contributed by atoms with van der Waals surface area (Å²) >= 11 is 0. The summed E-state index contributed by atoms with van der Waals surface area (Å²) in [6, 6.07) is 12.2. The number of carbonyl (C=O) groups excluding carboxylic acids is 1. The number of alkyl halides is 3. The van der Waals surface area contributed by atoms with E-state index in [-0.39, 0.29) is 36.1 Å². The molecule has 4 aromatic rings. The van der Waals surface area contributed by atoms with Gasteiger partial charge in [-0.2, -0.15) is 13.2 Å². The van der Waals surface area contributed by atoms with Crippen LogP contribution in [-0.2, 0) is 33.3 Å². The number of aliphatic carboxylic acids is 1. The molecular weight excluding hydrogens is 627 g/mol. The minimum atomic E-state index is -4.50. The van der Waals surface area contributed by atoms with Crippen molar-refractivity contribution in [1.82, 2.24) is 10.3 Å². The van der Waals surface area contributed by atoms with Crippen molar-refractivity contribution in [2.45, 2.75) is 45.3 Å². The number of amides is 1. The fraction of sp³-hybridized carbons (Fsp3) is 0.265. The fourth-order valence-corrected chi connectivity index (χ4v) is 5.18. The second kappa shape index (κ2) is 14.6. The van der Waals surface area contributed by atoms with Crippen LogP contribution in [-0.4, -0.2) is 35.7 Å². The number of aryl methyl sites for hydroxylation is 2. The molecule has 47 heavy (non-hydrogen) atoms. The molecule has 4 bridgehead atoms. The van der Waals surface area contributed by atoms with Gasteiger partial charge in [0.25, 0.3) is 0 Å². The lowest BCUT2D eigenvalue weighted by molar-refractivity contribution is -0.139. The predicted octanol–water partition coefficient (Wildman–Crippen LogP) is 6.81. The number of fused-ring (bicyclic) bond motifs is 6. The molecule has 2 heterocycles. The number of carboxylic acid groups (broad SMARTS) is 1. The molecule has 0 radical (unpaired) electrons. The van der Waals surface area contributed by atoms with Crippen molar-refractivity contribution < 1.29 is 46.1 Å². The van der Waals surface area contributed by atoms with Gasteiger partial charge in [-0.15, -0.1) is 0 Å². The molecule has 0 unspecified atom stereocenters.